The summed E-state index contributed by atoms with van der Waals surface area (Å²) in [7, 11) is 0. The second-order valence-corrected chi connectivity index (χ2v) is 7.72. The first-order valence-electron chi connectivity index (χ1n) is 7.74. The lowest BCUT2D eigenvalue weighted by atomic mass is 10.1. The Bertz CT molecular complexity index is 1010. The van der Waals surface area contributed by atoms with Crippen LogP contribution in [0.1, 0.15) is 27.1 Å². The fraction of sp³-hybridized carbons (Fsp3) is 0.158. The van der Waals surface area contributed by atoms with E-state index in [1.54, 1.807) is 11.3 Å². The first-order valence-corrected chi connectivity index (χ1v) is 9.60. The van der Waals surface area contributed by atoms with Gasteiger partial charge < -0.3 is 4.98 Å². The number of halogens is 2. The fourth-order valence-electron chi connectivity index (χ4n) is 2.49. The number of hydrogen-bond acceptors (Lipinski definition) is 4. The Morgan fingerprint density at radius 3 is 2.62 bits per heavy atom. The number of thioether (sulfide) groups is 1. The van der Waals surface area contributed by atoms with Crippen molar-refractivity contribution in [2.75, 3.05) is 0 Å². The van der Waals surface area contributed by atoms with Crippen LogP contribution in [0.5, 0.6) is 0 Å². The molecule has 1 aromatic carbocycles. The van der Waals surface area contributed by atoms with Gasteiger partial charge in [-0.2, -0.15) is 5.26 Å². The van der Waals surface area contributed by atoms with Crippen molar-refractivity contribution in [3.8, 4) is 6.07 Å². The van der Waals surface area contributed by atoms with Gasteiger partial charge in [-0.05, 0) is 41.6 Å². The summed E-state index contributed by atoms with van der Waals surface area (Å²) in [5, 5.41) is 11.9. The standard InChI is InChI=1S/C19H14F2N2OS2/c1-11-16(20)5-12(6-17(11)21)10-26-19-15(9-22)13(8-18(24)23-19)7-14-3-2-4-25-14/h2-6,8H,7,10H2,1H3,(H,23,24). The van der Waals surface area contributed by atoms with Gasteiger partial charge in [0.1, 0.15) is 17.7 Å². The fourth-order valence-corrected chi connectivity index (χ4v) is 4.19. The van der Waals surface area contributed by atoms with E-state index in [0.717, 1.165) is 4.88 Å². The lowest BCUT2D eigenvalue weighted by Gasteiger charge is -2.09. The van der Waals surface area contributed by atoms with E-state index in [4.69, 9.17) is 0 Å². The van der Waals surface area contributed by atoms with Crippen molar-refractivity contribution >= 4 is 23.1 Å². The number of nitrogens with zero attached hydrogens (tertiary/aromatic N) is 1. The minimum absolute atomic E-state index is 0.0252. The molecule has 3 nitrogen and oxygen atoms in total. The molecule has 0 saturated heterocycles. The van der Waals surface area contributed by atoms with Gasteiger partial charge in [-0.3, -0.25) is 4.79 Å². The molecule has 0 amide bonds. The molecule has 1 N–H and O–H groups in total. The first-order chi connectivity index (χ1) is 12.5. The molecule has 0 fully saturated rings. The number of aromatic amines is 1. The molecular formula is C19H14F2N2OS2. The lowest BCUT2D eigenvalue weighted by Crippen LogP contribution is -2.10. The maximum Gasteiger partial charge on any atom is 0.249 e. The van der Waals surface area contributed by atoms with Crippen molar-refractivity contribution in [3.63, 3.8) is 0 Å². The van der Waals surface area contributed by atoms with Crippen molar-refractivity contribution in [1.82, 2.24) is 4.98 Å². The van der Waals surface area contributed by atoms with Crippen LogP contribution < -0.4 is 5.56 Å². The number of H-pyrrole nitrogens is 1. The van der Waals surface area contributed by atoms with Gasteiger partial charge in [0.2, 0.25) is 5.56 Å². The molecule has 0 saturated carbocycles. The van der Waals surface area contributed by atoms with E-state index in [-0.39, 0.29) is 16.9 Å². The quantitative estimate of drug-likeness (QED) is 0.640. The molecule has 132 valence electrons. The summed E-state index contributed by atoms with van der Waals surface area (Å²) in [5.74, 6) is -0.983. The predicted octanol–water partition coefficient (Wildman–Crippen LogP) is 4.78. The topological polar surface area (TPSA) is 56.6 Å². The van der Waals surface area contributed by atoms with Gasteiger partial charge >= 0.3 is 0 Å². The third-order valence-electron chi connectivity index (χ3n) is 3.87. The number of nitrogens with one attached hydrogen (secondary N) is 1. The third kappa shape index (κ3) is 4.03. The second kappa shape index (κ2) is 7.85. The van der Waals surface area contributed by atoms with Crippen LogP contribution in [0.2, 0.25) is 0 Å². The molecule has 7 heteroatoms. The average Bonchev–Trinajstić information content (AvgIpc) is 3.10. The zero-order chi connectivity index (χ0) is 18.7. The van der Waals surface area contributed by atoms with Crippen molar-refractivity contribution in [1.29, 1.82) is 5.26 Å². The Balaban J connectivity index is 1.89. The van der Waals surface area contributed by atoms with Gasteiger partial charge in [-0.15, -0.1) is 23.1 Å². The summed E-state index contributed by atoms with van der Waals surface area (Å²) in [6.07, 6.45) is 0.492. The van der Waals surface area contributed by atoms with Crippen molar-refractivity contribution in [2.24, 2.45) is 0 Å². The molecular weight excluding hydrogens is 374 g/mol. The average molecular weight is 388 g/mol. The number of aromatic nitrogens is 1. The molecule has 0 atom stereocenters. The van der Waals surface area contributed by atoms with E-state index < -0.39 is 11.6 Å². The minimum Gasteiger partial charge on any atom is -0.316 e. The lowest BCUT2D eigenvalue weighted by molar-refractivity contribution is 0.566. The normalized spacial score (nSPS) is 10.7. The monoisotopic (exact) mass is 388 g/mol. The molecule has 2 aromatic heterocycles. The van der Waals surface area contributed by atoms with Crippen molar-refractivity contribution in [2.45, 2.75) is 24.1 Å². The van der Waals surface area contributed by atoms with Gasteiger partial charge in [0.05, 0.1) is 10.6 Å². The number of nitriles is 1. The van der Waals surface area contributed by atoms with Crippen LogP contribution in [-0.4, -0.2) is 4.98 Å². The zero-order valence-corrected chi connectivity index (χ0v) is 15.4. The van der Waals surface area contributed by atoms with Crippen molar-refractivity contribution < 1.29 is 8.78 Å². The van der Waals surface area contributed by atoms with Crippen LogP contribution >= 0.6 is 23.1 Å². The molecule has 0 spiro atoms. The van der Waals surface area contributed by atoms with Gasteiger partial charge in [0.25, 0.3) is 0 Å². The summed E-state index contributed by atoms with van der Waals surface area (Å²) >= 11 is 2.73. The van der Waals surface area contributed by atoms with Crippen LogP contribution in [0.3, 0.4) is 0 Å². The van der Waals surface area contributed by atoms with E-state index in [2.05, 4.69) is 11.1 Å². The predicted molar refractivity (Wildman–Crippen MR) is 99.6 cm³/mol. The van der Waals surface area contributed by atoms with Gasteiger partial charge in [-0.25, -0.2) is 8.78 Å². The first kappa shape index (κ1) is 18.4. The number of pyridine rings is 1. The molecule has 0 aliphatic rings. The highest BCUT2D eigenvalue weighted by Gasteiger charge is 2.14. The Morgan fingerprint density at radius 1 is 1.27 bits per heavy atom. The molecule has 26 heavy (non-hydrogen) atoms. The number of thiophene rings is 1. The molecule has 3 aromatic rings. The second-order valence-electron chi connectivity index (χ2n) is 5.70. The number of rotatable bonds is 5. The van der Waals surface area contributed by atoms with E-state index in [1.807, 2.05) is 17.5 Å². The SMILES string of the molecule is Cc1c(F)cc(CSc2[nH]c(=O)cc(Cc3cccs3)c2C#N)cc1F. The Labute approximate surface area is 157 Å². The third-order valence-corrected chi connectivity index (χ3v) is 5.82. The van der Waals surface area contributed by atoms with Gasteiger partial charge in [0, 0.05) is 28.7 Å². The van der Waals surface area contributed by atoms with Crippen molar-refractivity contribution in [3.05, 3.63) is 84.8 Å². The zero-order valence-electron chi connectivity index (χ0n) is 13.8. The Hall–Kier alpha value is -2.43. The highest BCUT2D eigenvalue weighted by atomic mass is 32.2. The molecule has 0 bridgehead atoms. The molecule has 0 aliphatic heterocycles. The van der Waals surface area contributed by atoms with Crippen LogP contribution in [0.25, 0.3) is 0 Å². The van der Waals surface area contributed by atoms with Crippen LogP contribution in [-0.2, 0) is 12.2 Å². The molecule has 2 heterocycles. The van der Waals surface area contributed by atoms with E-state index in [1.165, 1.54) is 36.9 Å². The molecule has 0 radical (unpaired) electrons. The highest BCUT2D eigenvalue weighted by Crippen LogP contribution is 2.28. The summed E-state index contributed by atoms with van der Waals surface area (Å²) in [6, 6.07) is 9.95. The van der Waals surface area contributed by atoms with Gasteiger partial charge in [-0.1, -0.05) is 6.07 Å². The number of hydrogen-bond donors (Lipinski definition) is 1. The Kier molecular flexibility index (Phi) is 5.55. The largest absolute Gasteiger partial charge is 0.316 e. The van der Waals surface area contributed by atoms with Crippen LogP contribution in [0.4, 0.5) is 8.78 Å². The maximum atomic E-state index is 13.7. The van der Waals surface area contributed by atoms with E-state index in [0.29, 0.717) is 28.1 Å². The molecule has 3 rings (SSSR count). The summed E-state index contributed by atoms with van der Waals surface area (Å²) in [6.45, 7) is 1.38. The molecule has 0 aliphatic carbocycles. The van der Waals surface area contributed by atoms with E-state index >= 15 is 0 Å². The van der Waals surface area contributed by atoms with Crippen LogP contribution in [0.15, 0.2) is 45.5 Å². The minimum atomic E-state index is -0.610. The maximum absolute atomic E-state index is 13.7. The summed E-state index contributed by atoms with van der Waals surface area (Å²) < 4.78 is 27.4. The van der Waals surface area contributed by atoms with Crippen LogP contribution in [0, 0.1) is 29.9 Å². The highest BCUT2D eigenvalue weighted by molar-refractivity contribution is 7.98. The smallest absolute Gasteiger partial charge is 0.249 e. The van der Waals surface area contributed by atoms with E-state index in [9.17, 15) is 18.8 Å². The summed E-state index contributed by atoms with van der Waals surface area (Å²) in [5.41, 5.74) is 1.14. The van der Waals surface area contributed by atoms with Gasteiger partial charge in [0.15, 0.2) is 0 Å². The summed E-state index contributed by atoms with van der Waals surface area (Å²) in [4.78, 5) is 15.7. The number of benzene rings is 1. The Morgan fingerprint density at radius 2 is 2.00 bits per heavy atom. The molecule has 0 unspecified atom stereocenters.